The highest BCUT2D eigenvalue weighted by molar-refractivity contribution is 7.91. The lowest BCUT2D eigenvalue weighted by Crippen LogP contribution is -2.30. The van der Waals surface area contributed by atoms with Gasteiger partial charge in [0.05, 0.1) is 11.5 Å². The SMILES string of the molecule is O=C(NCC1CCS(=O)(=O)C1)c1cccc(CN2CCCC2)c1. The van der Waals surface area contributed by atoms with E-state index in [1.807, 2.05) is 18.2 Å². The molecule has 0 saturated carbocycles. The largest absolute Gasteiger partial charge is 0.352 e. The number of rotatable bonds is 5. The van der Waals surface area contributed by atoms with Crippen molar-refractivity contribution in [2.75, 3.05) is 31.1 Å². The molecule has 3 rings (SSSR count). The predicted molar refractivity (Wildman–Crippen MR) is 90.0 cm³/mol. The zero-order valence-electron chi connectivity index (χ0n) is 13.3. The standard InChI is InChI=1S/C17H24N2O3S/c20-17(18-11-15-6-9-23(21,22)13-15)16-5-3-4-14(10-16)12-19-7-1-2-8-19/h3-5,10,15H,1-2,6-9,11-13H2,(H,18,20). The maximum Gasteiger partial charge on any atom is 0.251 e. The van der Waals surface area contributed by atoms with Gasteiger partial charge in [0.15, 0.2) is 9.84 Å². The van der Waals surface area contributed by atoms with Crippen LogP contribution in [0.2, 0.25) is 0 Å². The molecule has 0 bridgehead atoms. The lowest BCUT2D eigenvalue weighted by atomic mass is 10.1. The molecule has 2 heterocycles. The number of sulfone groups is 1. The molecule has 2 fully saturated rings. The summed E-state index contributed by atoms with van der Waals surface area (Å²) >= 11 is 0. The summed E-state index contributed by atoms with van der Waals surface area (Å²) in [6.45, 7) is 3.59. The number of hydrogen-bond acceptors (Lipinski definition) is 4. The van der Waals surface area contributed by atoms with Crippen molar-refractivity contribution in [3.05, 3.63) is 35.4 Å². The number of carbonyl (C=O) groups is 1. The average molecular weight is 336 g/mol. The fraction of sp³-hybridized carbons (Fsp3) is 0.588. The van der Waals surface area contributed by atoms with Gasteiger partial charge in [0, 0.05) is 18.7 Å². The van der Waals surface area contributed by atoms with Crippen LogP contribution in [0.25, 0.3) is 0 Å². The van der Waals surface area contributed by atoms with Crippen molar-refractivity contribution in [1.29, 1.82) is 0 Å². The molecule has 0 spiro atoms. The molecule has 2 saturated heterocycles. The Labute approximate surface area is 138 Å². The Morgan fingerprint density at radius 3 is 2.74 bits per heavy atom. The van der Waals surface area contributed by atoms with Crippen molar-refractivity contribution in [3.8, 4) is 0 Å². The second-order valence-electron chi connectivity index (χ2n) is 6.66. The Bertz CT molecular complexity index is 666. The number of nitrogens with one attached hydrogen (secondary N) is 1. The summed E-state index contributed by atoms with van der Waals surface area (Å²) in [4.78, 5) is 14.7. The van der Waals surface area contributed by atoms with Gasteiger partial charge in [0.2, 0.25) is 0 Å². The highest BCUT2D eigenvalue weighted by atomic mass is 32.2. The van der Waals surface area contributed by atoms with E-state index in [9.17, 15) is 13.2 Å². The highest BCUT2D eigenvalue weighted by Gasteiger charge is 2.28. The van der Waals surface area contributed by atoms with E-state index in [4.69, 9.17) is 0 Å². The Kier molecular flexibility index (Phi) is 5.02. The molecule has 2 aliphatic rings. The van der Waals surface area contributed by atoms with E-state index >= 15 is 0 Å². The smallest absolute Gasteiger partial charge is 0.251 e. The molecule has 0 aliphatic carbocycles. The van der Waals surface area contributed by atoms with Gasteiger partial charge >= 0.3 is 0 Å². The third-order valence-corrected chi connectivity index (χ3v) is 6.51. The Morgan fingerprint density at radius 2 is 2.04 bits per heavy atom. The topological polar surface area (TPSA) is 66.5 Å². The maximum absolute atomic E-state index is 12.3. The van der Waals surface area contributed by atoms with Crippen LogP contribution in [0.15, 0.2) is 24.3 Å². The van der Waals surface area contributed by atoms with Gasteiger partial charge in [-0.2, -0.15) is 0 Å². The number of amides is 1. The summed E-state index contributed by atoms with van der Waals surface area (Å²) in [5, 5.41) is 2.88. The molecule has 1 N–H and O–H groups in total. The maximum atomic E-state index is 12.3. The Hall–Kier alpha value is -1.40. The summed E-state index contributed by atoms with van der Waals surface area (Å²) in [7, 11) is -2.88. The van der Waals surface area contributed by atoms with Gasteiger partial charge in [0.1, 0.15) is 0 Å². The first-order chi connectivity index (χ1) is 11.0. The van der Waals surface area contributed by atoms with Crippen molar-refractivity contribution in [2.45, 2.75) is 25.8 Å². The molecule has 1 atom stereocenters. The molecule has 23 heavy (non-hydrogen) atoms. The van der Waals surface area contributed by atoms with Gasteiger partial charge < -0.3 is 5.32 Å². The van der Waals surface area contributed by atoms with Gasteiger partial charge in [0.25, 0.3) is 5.91 Å². The quantitative estimate of drug-likeness (QED) is 0.884. The second kappa shape index (κ2) is 7.01. The fourth-order valence-electron chi connectivity index (χ4n) is 3.38. The molecular weight excluding hydrogens is 312 g/mol. The van der Waals surface area contributed by atoms with Gasteiger partial charge in [-0.25, -0.2) is 8.42 Å². The summed E-state index contributed by atoms with van der Waals surface area (Å²) in [5.74, 6) is 0.385. The molecular formula is C17H24N2O3S. The zero-order chi connectivity index (χ0) is 16.3. The number of nitrogens with zero attached hydrogens (tertiary/aromatic N) is 1. The first kappa shape index (κ1) is 16.5. The lowest BCUT2D eigenvalue weighted by Gasteiger charge is -2.15. The number of likely N-dealkylation sites (tertiary alicyclic amines) is 1. The van der Waals surface area contributed by atoms with Crippen LogP contribution in [-0.4, -0.2) is 50.4 Å². The summed E-state index contributed by atoms with van der Waals surface area (Å²) < 4.78 is 22.9. The summed E-state index contributed by atoms with van der Waals surface area (Å²) in [6.07, 6.45) is 3.16. The minimum Gasteiger partial charge on any atom is -0.352 e. The zero-order valence-corrected chi connectivity index (χ0v) is 14.1. The molecule has 5 nitrogen and oxygen atoms in total. The van der Waals surface area contributed by atoms with Crippen LogP contribution in [0.5, 0.6) is 0 Å². The van der Waals surface area contributed by atoms with Gasteiger partial charge in [-0.1, -0.05) is 12.1 Å². The van der Waals surface area contributed by atoms with Crippen LogP contribution in [0.3, 0.4) is 0 Å². The molecule has 2 aliphatic heterocycles. The average Bonchev–Trinajstić information content (AvgIpc) is 3.14. The second-order valence-corrected chi connectivity index (χ2v) is 8.89. The van der Waals surface area contributed by atoms with Crippen molar-refractivity contribution in [3.63, 3.8) is 0 Å². The molecule has 0 aromatic heterocycles. The monoisotopic (exact) mass is 336 g/mol. The van der Waals surface area contributed by atoms with E-state index in [0.717, 1.165) is 25.2 Å². The molecule has 0 radical (unpaired) electrons. The van der Waals surface area contributed by atoms with Gasteiger partial charge in [-0.15, -0.1) is 0 Å². The molecule has 1 unspecified atom stereocenters. The first-order valence-electron chi connectivity index (χ1n) is 8.32. The normalized spacial score (nSPS) is 23.9. The van der Waals surface area contributed by atoms with Crippen LogP contribution >= 0.6 is 0 Å². The number of benzene rings is 1. The molecule has 126 valence electrons. The third kappa shape index (κ3) is 4.54. The lowest BCUT2D eigenvalue weighted by molar-refractivity contribution is 0.0948. The summed E-state index contributed by atoms with van der Waals surface area (Å²) in [5.41, 5.74) is 1.81. The molecule has 1 aromatic rings. The van der Waals surface area contributed by atoms with Gasteiger partial charge in [-0.3, -0.25) is 9.69 Å². The van der Waals surface area contributed by atoms with E-state index in [0.29, 0.717) is 18.5 Å². The van der Waals surface area contributed by atoms with Crippen molar-refractivity contribution >= 4 is 15.7 Å². The van der Waals surface area contributed by atoms with Crippen LogP contribution in [0, 0.1) is 5.92 Å². The number of hydrogen-bond donors (Lipinski definition) is 1. The van der Waals surface area contributed by atoms with E-state index in [1.54, 1.807) is 0 Å². The minimum absolute atomic E-state index is 0.0525. The fourth-order valence-corrected chi connectivity index (χ4v) is 5.24. The Balaban J connectivity index is 1.54. The molecule has 1 aromatic carbocycles. The Morgan fingerprint density at radius 1 is 1.26 bits per heavy atom. The molecule has 1 amide bonds. The third-order valence-electron chi connectivity index (χ3n) is 4.67. The predicted octanol–water partition coefficient (Wildman–Crippen LogP) is 1.45. The minimum atomic E-state index is -2.88. The van der Waals surface area contributed by atoms with Crippen molar-refractivity contribution in [2.24, 2.45) is 5.92 Å². The van der Waals surface area contributed by atoms with Crippen LogP contribution in [0.1, 0.15) is 35.2 Å². The number of carbonyl (C=O) groups excluding carboxylic acids is 1. The van der Waals surface area contributed by atoms with Crippen LogP contribution < -0.4 is 5.32 Å². The highest BCUT2D eigenvalue weighted by Crippen LogP contribution is 2.18. The van der Waals surface area contributed by atoms with Crippen LogP contribution in [0.4, 0.5) is 0 Å². The van der Waals surface area contributed by atoms with Crippen LogP contribution in [-0.2, 0) is 16.4 Å². The van der Waals surface area contributed by atoms with E-state index in [-0.39, 0.29) is 23.3 Å². The van der Waals surface area contributed by atoms with E-state index < -0.39 is 9.84 Å². The molecule has 6 heteroatoms. The van der Waals surface area contributed by atoms with E-state index in [1.165, 1.54) is 12.8 Å². The van der Waals surface area contributed by atoms with Gasteiger partial charge in [-0.05, 0) is 56.0 Å². The van der Waals surface area contributed by atoms with Crippen molar-refractivity contribution < 1.29 is 13.2 Å². The first-order valence-corrected chi connectivity index (χ1v) is 10.1. The van der Waals surface area contributed by atoms with E-state index in [2.05, 4.69) is 16.3 Å². The van der Waals surface area contributed by atoms with Crippen molar-refractivity contribution in [1.82, 2.24) is 10.2 Å². The summed E-state index contributed by atoms with van der Waals surface area (Å²) in [6, 6.07) is 7.73.